The summed E-state index contributed by atoms with van der Waals surface area (Å²) >= 11 is 0. The lowest BCUT2D eigenvalue weighted by Crippen LogP contribution is -2.37. The van der Waals surface area contributed by atoms with Crippen LogP contribution in [0.3, 0.4) is 0 Å². The molecule has 1 aromatic rings. The maximum Gasteiger partial charge on any atom is 0.320 e. The summed E-state index contributed by atoms with van der Waals surface area (Å²) in [5.41, 5.74) is 2.37. The molecule has 0 aliphatic rings. The van der Waals surface area contributed by atoms with Crippen molar-refractivity contribution in [2.45, 2.75) is 32.9 Å². The van der Waals surface area contributed by atoms with Gasteiger partial charge in [0.05, 0.1) is 0 Å². The molecule has 3 nitrogen and oxygen atoms in total. The summed E-state index contributed by atoms with van der Waals surface area (Å²) < 4.78 is 0. The molecule has 0 fully saturated rings. The van der Waals surface area contributed by atoms with E-state index in [0.717, 1.165) is 0 Å². The van der Waals surface area contributed by atoms with Gasteiger partial charge in [-0.15, -0.1) is 0 Å². The summed E-state index contributed by atoms with van der Waals surface area (Å²) in [4.78, 5) is 12.8. The molecule has 2 unspecified atom stereocenters. The van der Waals surface area contributed by atoms with Gasteiger partial charge in [-0.2, -0.15) is 0 Å². The molecule has 0 radical (unpaired) electrons. The maximum absolute atomic E-state index is 10.9. The van der Waals surface area contributed by atoms with Crippen molar-refractivity contribution >= 4 is 5.97 Å². The summed E-state index contributed by atoms with van der Waals surface area (Å²) in [6.45, 7) is 5.78. The van der Waals surface area contributed by atoms with Crippen LogP contribution in [0.1, 0.15) is 31.0 Å². The standard InChI is InChI=1S/C13H19NO2/c1-9-7-5-6-8-12(9)10(2)14(4)11(3)13(15)16/h5-8,10-11H,1-4H3,(H,15,16). The second-order valence-electron chi connectivity index (χ2n) is 4.21. The molecule has 0 aliphatic carbocycles. The average Bonchev–Trinajstić information content (AvgIpc) is 2.26. The Morgan fingerprint density at radius 1 is 1.31 bits per heavy atom. The molecule has 1 aromatic carbocycles. The highest BCUT2D eigenvalue weighted by Crippen LogP contribution is 2.23. The van der Waals surface area contributed by atoms with Gasteiger partial charge in [0.1, 0.15) is 6.04 Å². The van der Waals surface area contributed by atoms with Crippen LogP contribution in [0.4, 0.5) is 0 Å². The first-order valence-corrected chi connectivity index (χ1v) is 5.45. The van der Waals surface area contributed by atoms with E-state index in [2.05, 4.69) is 0 Å². The molecule has 0 heterocycles. The Labute approximate surface area is 96.7 Å². The highest BCUT2D eigenvalue weighted by atomic mass is 16.4. The number of carbonyl (C=O) groups is 1. The van der Waals surface area contributed by atoms with E-state index in [9.17, 15) is 4.79 Å². The van der Waals surface area contributed by atoms with E-state index in [0.29, 0.717) is 0 Å². The van der Waals surface area contributed by atoms with Crippen LogP contribution in [-0.2, 0) is 4.79 Å². The van der Waals surface area contributed by atoms with Gasteiger partial charge in [0.2, 0.25) is 0 Å². The van der Waals surface area contributed by atoms with E-state index in [1.807, 2.05) is 50.1 Å². The Bertz CT molecular complexity index is 376. The second-order valence-corrected chi connectivity index (χ2v) is 4.21. The summed E-state index contributed by atoms with van der Waals surface area (Å²) in [5.74, 6) is -0.789. The van der Waals surface area contributed by atoms with Crippen LogP contribution in [0.25, 0.3) is 0 Å². The normalized spacial score (nSPS) is 14.8. The van der Waals surface area contributed by atoms with Crippen molar-refractivity contribution in [3.05, 3.63) is 35.4 Å². The van der Waals surface area contributed by atoms with Gasteiger partial charge in [0.15, 0.2) is 0 Å². The molecular formula is C13H19NO2. The van der Waals surface area contributed by atoms with Gasteiger partial charge in [-0.1, -0.05) is 24.3 Å². The van der Waals surface area contributed by atoms with Gasteiger partial charge >= 0.3 is 5.97 Å². The topological polar surface area (TPSA) is 40.5 Å². The fourth-order valence-electron chi connectivity index (χ4n) is 1.78. The molecule has 0 saturated carbocycles. The van der Waals surface area contributed by atoms with E-state index in [4.69, 9.17) is 5.11 Å². The van der Waals surface area contributed by atoms with Crippen molar-refractivity contribution in [3.63, 3.8) is 0 Å². The minimum atomic E-state index is -0.789. The number of carboxylic acid groups (broad SMARTS) is 1. The number of likely N-dealkylation sites (N-methyl/N-ethyl adjacent to an activating group) is 1. The molecule has 2 atom stereocenters. The van der Waals surface area contributed by atoms with E-state index in [1.165, 1.54) is 11.1 Å². The summed E-state index contributed by atoms with van der Waals surface area (Å²) in [7, 11) is 1.84. The zero-order chi connectivity index (χ0) is 12.3. The van der Waals surface area contributed by atoms with Crippen LogP contribution >= 0.6 is 0 Å². The third-order valence-electron chi connectivity index (χ3n) is 3.22. The Balaban J connectivity index is 2.90. The van der Waals surface area contributed by atoms with Crippen molar-refractivity contribution < 1.29 is 9.90 Å². The number of hydrogen-bond acceptors (Lipinski definition) is 2. The highest BCUT2D eigenvalue weighted by molar-refractivity contribution is 5.72. The zero-order valence-electron chi connectivity index (χ0n) is 10.3. The van der Waals surface area contributed by atoms with E-state index in [1.54, 1.807) is 6.92 Å². The number of aliphatic carboxylic acids is 1. The van der Waals surface area contributed by atoms with E-state index >= 15 is 0 Å². The number of hydrogen-bond donors (Lipinski definition) is 1. The van der Waals surface area contributed by atoms with Crippen LogP contribution in [0.2, 0.25) is 0 Å². The van der Waals surface area contributed by atoms with Crippen LogP contribution in [0.5, 0.6) is 0 Å². The molecule has 3 heteroatoms. The van der Waals surface area contributed by atoms with Gasteiger partial charge < -0.3 is 5.11 Å². The zero-order valence-corrected chi connectivity index (χ0v) is 10.3. The van der Waals surface area contributed by atoms with Crippen molar-refractivity contribution in [2.75, 3.05) is 7.05 Å². The predicted octanol–water partition coefficient (Wildman–Crippen LogP) is 2.46. The molecule has 1 rings (SSSR count). The molecule has 0 spiro atoms. The van der Waals surface area contributed by atoms with Gasteiger partial charge in [0.25, 0.3) is 0 Å². The number of benzene rings is 1. The fourth-order valence-corrected chi connectivity index (χ4v) is 1.78. The second kappa shape index (κ2) is 5.12. The van der Waals surface area contributed by atoms with Crippen molar-refractivity contribution in [2.24, 2.45) is 0 Å². The summed E-state index contributed by atoms with van der Waals surface area (Å²) in [6, 6.07) is 7.70. The van der Waals surface area contributed by atoms with Crippen molar-refractivity contribution in [3.8, 4) is 0 Å². The Kier molecular flexibility index (Phi) is 4.07. The Hall–Kier alpha value is -1.35. The number of aryl methyl sites for hydroxylation is 1. The molecule has 0 aromatic heterocycles. The number of carboxylic acids is 1. The lowest BCUT2D eigenvalue weighted by atomic mass is 10.0. The molecule has 0 amide bonds. The van der Waals surface area contributed by atoms with Gasteiger partial charge in [-0.3, -0.25) is 9.69 Å². The molecule has 88 valence electrons. The highest BCUT2D eigenvalue weighted by Gasteiger charge is 2.23. The quantitative estimate of drug-likeness (QED) is 0.849. The lowest BCUT2D eigenvalue weighted by molar-refractivity contribution is -0.142. The van der Waals surface area contributed by atoms with Crippen molar-refractivity contribution in [1.29, 1.82) is 0 Å². The molecular weight excluding hydrogens is 202 g/mol. The van der Waals surface area contributed by atoms with Crippen molar-refractivity contribution in [1.82, 2.24) is 4.90 Å². The van der Waals surface area contributed by atoms with Crippen LogP contribution in [0, 0.1) is 6.92 Å². The van der Waals surface area contributed by atoms with E-state index in [-0.39, 0.29) is 6.04 Å². The fraction of sp³-hybridized carbons (Fsp3) is 0.462. The smallest absolute Gasteiger partial charge is 0.320 e. The first kappa shape index (κ1) is 12.7. The number of rotatable bonds is 4. The first-order chi connectivity index (χ1) is 7.45. The first-order valence-electron chi connectivity index (χ1n) is 5.45. The molecule has 1 N–H and O–H groups in total. The maximum atomic E-state index is 10.9. The summed E-state index contributed by atoms with van der Waals surface area (Å²) in [5, 5.41) is 8.98. The Morgan fingerprint density at radius 2 is 1.88 bits per heavy atom. The third-order valence-corrected chi connectivity index (χ3v) is 3.22. The van der Waals surface area contributed by atoms with Crippen LogP contribution in [0.15, 0.2) is 24.3 Å². The summed E-state index contributed by atoms with van der Waals surface area (Å²) in [6.07, 6.45) is 0. The average molecular weight is 221 g/mol. The lowest BCUT2D eigenvalue weighted by Gasteiger charge is -2.29. The largest absolute Gasteiger partial charge is 0.480 e. The molecule has 16 heavy (non-hydrogen) atoms. The minimum Gasteiger partial charge on any atom is -0.480 e. The van der Waals surface area contributed by atoms with Gasteiger partial charge in [-0.05, 0) is 38.9 Å². The molecule has 0 bridgehead atoms. The SMILES string of the molecule is Cc1ccccc1C(C)N(C)C(C)C(=O)O. The van der Waals surface area contributed by atoms with E-state index < -0.39 is 12.0 Å². The van der Waals surface area contributed by atoms with Crippen LogP contribution < -0.4 is 0 Å². The van der Waals surface area contributed by atoms with Crippen LogP contribution in [-0.4, -0.2) is 29.1 Å². The molecule has 0 saturated heterocycles. The van der Waals surface area contributed by atoms with Gasteiger partial charge in [0, 0.05) is 6.04 Å². The predicted molar refractivity (Wildman–Crippen MR) is 64.5 cm³/mol. The Morgan fingerprint density at radius 3 is 2.38 bits per heavy atom. The van der Waals surface area contributed by atoms with Gasteiger partial charge in [-0.25, -0.2) is 0 Å². The molecule has 0 aliphatic heterocycles. The third kappa shape index (κ3) is 2.61. The minimum absolute atomic E-state index is 0.104. The monoisotopic (exact) mass is 221 g/mol. The number of nitrogens with zero attached hydrogens (tertiary/aromatic N) is 1.